The van der Waals surface area contributed by atoms with Crippen LogP contribution in [0, 0.1) is 0 Å². The van der Waals surface area contributed by atoms with Gasteiger partial charge in [-0.3, -0.25) is 4.79 Å². The minimum atomic E-state index is 0.162. The molecule has 3 heterocycles. The second kappa shape index (κ2) is 7.02. The van der Waals surface area contributed by atoms with Crippen LogP contribution in [0.2, 0.25) is 0 Å². The number of amides is 1. The van der Waals surface area contributed by atoms with Crippen LogP contribution in [0.4, 0.5) is 0 Å². The molecule has 2 aromatic heterocycles. The standard InChI is InChI=1S/C15H20N4O2S/c1-16-12-3-2-7-19(9-12)14(20)5-4-13-17-15(18-21-13)11-6-8-22-10-11/h6,8,10,12,16H,2-5,7,9H2,1H3. The van der Waals surface area contributed by atoms with Crippen LogP contribution < -0.4 is 5.32 Å². The average molecular weight is 320 g/mol. The number of carbonyl (C=O) groups is 1. The average Bonchev–Trinajstić information content (AvgIpc) is 3.23. The van der Waals surface area contributed by atoms with E-state index in [4.69, 9.17) is 4.52 Å². The van der Waals surface area contributed by atoms with Gasteiger partial charge in [-0.2, -0.15) is 16.3 Å². The van der Waals surface area contributed by atoms with E-state index in [1.54, 1.807) is 11.3 Å². The maximum absolute atomic E-state index is 12.3. The zero-order valence-corrected chi connectivity index (χ0v) is 13.4. The molecule has 1 aliphatic rings. The lowest BCUT2D eigenvalue weighted by molar-refractivity contribution is -0.132. The molecule has 3 rings (SSSR count). The fourth-order valence-electron chi connectivity index (χ4n) is 2.68. The zero-order valence-electron chi connectivity index (χ0n) is 12.6. The Hall–Kier alpha value is -1.73. The highest BCUT2D eigenvalue weighted by Crippen LogP contribution is 2.19. The summed E-state index contributed by atoms with van der Waals surface area (Å²) < 4.78 is 5.23. The molecule has 1 aliphatic heterocycles. The first-order chi connectivity index (χ1) is 10.8. The van der Waals surface area contributed by atoms with Crippen LogP contribution >= 0.6 is 11.3 Å². The van der Waals surface area contributed by atoms with Crippen LogP contribution in [0.25, 0.3) is 11.4 Å². The fourth-order valence-corrected chi connectivity index (χ4v) is 3.31. The number of likely N-dealkylation sites (tertiary alicyclic amines) is 1. The van der Waals surface area contributed by atoms with Gasteiger partial charge in [-0.05, 0) is 31.3 Å². The number of hydrogen-bond donors (Lipinski definition) is 1. The largest absolute Gasteiger partial charge is 0.341 e. The molecule has 1 fully saturated rings. The number of likely N-dealkylation sites (N-methyl/N-ethyl adjacent to an activating group) is 1. The van der Waals surface area contributed by atoms with Gasteiger partial charge < -0.3 is 14.7 Å². The number of hydrogen-bond acceptors (Lipinski definition) is 6. The summed E-state index contributed by atoms with van der Waals surface area (Å²) in [5.74, 6) is 1.28. The van der Waals surface area contributed by atoms with Crippen LogP contribution in [0.3, 0.4) is 0 Å². The third kappa shape index (κ3) is 3.53. The Bertz CT molecular complexity index is 611. The van der Waals surface area contributed by atoms with E-state index >= 15 is 0 Å². The van der Waals surface area contributed by atoms with Crippen LogP contribution in [0.15, 0.2) is 21.3 Å². The summed E-state index contributed by atoms with van der Waals surface area (Å²) in [4.78, 5) is 18.6. The number of nitrogens with one attached hydrogen (secondary N) is 1. The summed E-state index contributed by atoms with van der Waals surface area (Å²) in [6.45, 7) is 1.64. The second-order valence-electron chi connectivity index (χ2n) is 5.49. The maximum Gasteiger partial charge on any atom is 0.227 e. The van der Waals surface area contributed by atoms with E-state index in [2.05, 4.69) is 15.5 Å². The quantitative estimate of drug-likeness (QED) is 0.911. The van der Waals surface area contributed by atoms with Crippen molar-refractivity contribution in [3.05, 3.63) is 22.7 Å². The van der Waals surface area contributed by atoms with Crippen molar-refractivity contribution in [2.45, 2.75) is 31.7 Å². The van der Waals surface area contributed by atoms with Gasteiger partial charge in [0.15, 0.2) is 0 Å². The number of nitrogens with zero attached hydrogens (tertiary/aromatic N) is 3. The molecular formula is C15H20N4O2S. The third-order valence-electron chi connectivity index (χ3n) is 3.98. The maximum atomic E-state index is 12.3. The number of carbonyl (C=O) groups excluding carboxylic acids is 1. The summed E-state index contributed by atoms with van der Waals surface area (Å²) in [7, 11) is 1.95. The summed E-state index contributed by atoms with van der Waals surface area (Å²) in [6, 6.07) is 2.36. The van der Waals surface area contributed by atoms with Crippen LogP contribution in [-0.4, -0.2) is 47.1 Å². The minimum absolute atomic E-state index is 0.162. The minimum Gasteiger partial charge on any atom is -0.341 e. The Morgan fingerprint density at radius 2 is 2.50 bits per heavy atom. The predicted molar refractivity (Wildman–Crippen MR) is 84.6 cm³/mol. The number of aryl methyl sites for hydroxylation is 1. The van der Waals surface area contributed by atoms with Gasteiger partial charge in [-0.25, -0.2) is 0 Å². The Morgan fingerprint density at radius 1 is 1.59 bits per heavy atom. The normalized spacial score (nSPS) is 18.6. The smallest absolute Gasteiger partial charge is 0.227 e. The van der Waals surface area contributed by atoms with Crippen molar-refractivity contribution in [1.82, 2.24) is 20.4 Å². The molecule has 1 unspecified atom stereocenters. The van der Waals surface area contributed by atoms with Gasteiger partial charge in [0, 0.05) is 42.9 Å². The van der Waals surface area contributed by atoms with Crippen molar-refractivity contribution in [2.75, 3.05) is 20.1 Å². The Morgan fingerprint density at radius 3 is 3.27 bits per heavy atom. The number of thiophene rings is 1. The first kappa shape index (κ1) is 15.2. The molecule has 0 bridgehead atoms. The van der Waals surface area contributed by atoms with Crippen molar-refractivity contribution in [2.24, 2.45) is 0 Å². The van der Waals surface area contributed by atoms with Crippen LogP contribution in [-0.2, 0) is 11.2 Å². The van der Waals surface area contributed by atoms with Gasteiger partial charge in [0.05, 0.1) is 0 Å². The van der Waals surface area contributed by atoms with Gasteiger partial charge in [0.2, 0.25) is 17.6 Å². The third-order valence-corrected chi connectivity index (χ3v) is 4.67. The lowest BCUT2D eigenvalue weighted by atomic mass is 10.1. The summed E-state index contributed by atoms with van der Waals surface area (Å²) in [5, 5.41) is 11.2. The lowest BCUT2D eigenvalue weighted by Gasteiger charge is -2.32. The van der Waals surface area contributed by atoms with E-state index < -0.39 is 0 Å². The highest BCUT2D eigenvalue weighted by molar-refractivity contribution is 7.08. The summed E-state index contributed by atoms with van der Waals surface area (Å²) >= 11 is 1.59. The summed E-state index contributed by atoms with van der Waals surface area (Å²) in [6.07, 6.45) is 3.10. The van der Waals surface area contributed by atoms with Gasteiger partial charge >= 0.3 is 0 Å². The molecule has 1 amide bonds. The molecule has 0 radical (unpaired) electrons. The Kier molecular flexibility index (Phi) is 4.84. The Labute approximate surface area is 133 Å². The van der Waals surface area contributed by atoms with Crippen molar-refractivity contribution < 1.29 is 9.32 Å². The molecule has 7 heteroatoms. The van der Waals surface area contributed by atoms with E-state index in [1.807, 2.05) is 28.8 Å². The molecule has 1 atom stereocenters. The van der Waals surface area contributed by atoms with Crippen molar-refractivity contribution in [3.8, 4) is 11.4 Å². The molecule has 22 heavy (non-hydrogen) atoms. The highest BCUT2D eigenvalue weighted by atomic mass is 32.1. The van der Waals surface area contributed by atoms with Crippen molar-refractivity contribution >= 4 is 17.2 Å². The van der Waals surface area contributed by atoms with Crippen LogP contribution in [0.1, 0.15) is 25.2 Å². The molecule has 6 nitrogen and oxygen atoms in total. The number of rotatable bonds is 5. The molecule has 118 valence electrons. The molecule has 0 aromatic carbocycles. The van der Waals surface area contributed by atoms with Gasteiger partial charge in [0.25, 0.3) is 0 Å². The second-order valence-corrected chi connectivity index (χ2v) is 6.27. The summed E-state index contributed by atoms with van der Waals surface area (Å²) in [5.41, 5.74) is 0.958. The highest BCUT2D eigenvalue weighted by Gasteiger charge is 2.22. The van der Waals surface area contributed by atoms with Gasteiger partial charge in [0.1, 0.15) is 0 Å². The van der Waals surface area contributed by atoms with Crippen LogP contribution in [0.5, 0.6) is 0 Å². The molecule has 1 N–H and O–H groups in total. The van der Waals surface area contributed by atoms with E-state index in [1.165, 1.54) is 0 Å². The lowest BCUT2D eigenvalue weighted by Crippen LogP contribution is -2.47. The van der Waals surface area contributed by atoms with E-state index in [9.17, 15) is 4.79 Å². The zero-order chi connectivity index (χ0) is 15.4. The molecule has 0 spiro atoms. The van der Waals surface area contributed by atoms with E-state index in [-0.39, 0.29) is 5.91 Å². The first-order valence-electron chi connectivity index (χ1n) is 7.56. The molecular weight excluding hydrogens is 300 g/mol. The number of piperidine rings is 1. The monoisotopic (exact) mass is 320 g/mol. The molecule has 2 aromatic rings. The molecule has 0 aliphatic carbocycles. The molecule has 0 saturated carbocycles. The van der Waals surface area contributed by atoms with E-state index in [0.717, 1.165) is 31.5 Å². The fraction of sp³-hybridized carbons (Fsp3) is 0.533. The number of aromatic nitrogens is 2. The van der Waals surface area contributed by atoms with Crippen molar-refractivity contribution in [1.29, 1.82) is 0 Å². The predicted octanol–water partition coefficient (Wildman–Crippen LogP) is 1.94. The van der Waals surface area contributed by atoms with Crippen molar-refractivity contribution in [3.63, 3.8) is 0 Å². The topological polar surface area (TPSA) is 71.3 Å². The Balaban J connectivity index is 1.53. The van der Waals surface area contributed by atoms with Gasteiger partial charge in [-0.15, -0.1) is 0 Å². The van der Waals surface area contributed by atoms with E-state index in [0.29, 0.717) is 30.6 Å². The van der Waals surface area contributed by atoms with Gasteiger partial charge in [-0.1, -0.05) is 5.16 Å². The SMILES string of the molecule is CNC1CCCN(C(=O)CCc2nc(-c3ccsc3)no2)C1. The first-order valence-corrected chi connectivity index (χ1v) is 8.50. The molecule has 1 saturated heterocycles.